The van der Waals surface area contributed by atoms with E-state index in [9.17, 15) is 8.78 Å². The van der Waals surface area contributed by atoms with Crippen LogP contribution in [0, 0.1) is 23.5 Å². The van der Waals surface area contributed by atoms with Gasteiger partial charge in [-0.2, -0.15) is 0 Å². The van der Waals surface area contributed by atoms with Crippen LogP contribution in [0.4, 0.5) is 8.78 Å². The van der Waals surface area contributed by atoms with E-state index in [-0.39, 0.29) is 12.4 Å². The summed E-state index contributed by atoms with van der Waals surface area (Å²) >= 11 is 0. The Morgan fingerprint density at radius 3 is 2.28 bits per heavy atom. The second-order valence-electron chi connectivity index (χ2n) is 9.19. The molecule has 0 N–H and O–H groups in total. The van der Waals surface area contributed by atoms with Crippen LogP contribution in [0.5, 0.6) is 5.75 Å². The summed E-state index contributed by atoms with van der Waals surface area (Å²) in [4.78, 5) is 0. The summed E-state index contributed by atoms with van der Waals surface area (Å²) in [6.45, 7) is 4.88. The van der Waals surface area contributed by atoms with Gasteiger partial charge >= 0.3 is 0 Å². The van der Waals surface area contributed by atoms with E-state index in [1.54, 1.807) is 12.2 Å². The molecule has 4 rings (SSSR count). The lowest BCUT2D eigenvalue weighted by Crippen LogP contribution is -2.33. The molecule has 0 radical (unpaired) electrons. The second-order valence-corrected chi connectivity index (χ2v) is 9.19. The van der Waals surface area contributed by atoms with Crippen molar-refractivity contribution in [2.75, 3.05) is 13.2 Å². The highest BCUT2D eigenvalue weighted by Crippen LogP contribution is 2.46. The van der Waals surface area contributed by atoms with Gasteiger partial charge in [-0.1, -0.05) is 36.4 Å². The van der Waals surface area contributed by atoms with Crippen molar-refractivity contribution in [1.29, 1.82) is 0 Å². The Morgan fingerprint density at radius 2 is 1.59 bits per heavy atom. The lowest BCUT2D eigenvalue weighted by Gasteiger charge is -2.42. The third kappa shape index (κ3) is 5.23. The molecule has 2 aromatic carbocycles. The maximum absolute atomic E-state index is 14.4. The summed E-state index contributed by atoms with van der Waals surface area (Å²) in [6.07, 6.45) is 11.3. The molecule has 4 atom stereocenters. The Hall–Kier alpha value is -2.20. The molecule has 4 heteroatoms. The summed E-state index contributed by atoms with van der Waals surface area (Å²) in [6, 6.07) is 11.0. The Balaban J connectivity index is 1.42. The van der Waals surface area contributed by atoms with Crippen LogP contribution in [0.3, 0.4) is 0 Å². The van der Waals surface area contributed by atoms with E-state index in [4.69, 9.17) is 9.47 Å². The highest BCUT2D eigenvalue weighted by molar-refractivity contribution is 5.65. The monoisotopic (exact) mass is 440 g/mol. The van der Waals surface area contributed by atoms with Crippen molar-refractivity contribution in [2.45, 2.75) is 64.4 Å². The van der Waals surface area contributed by atoms with Gasteiger partial charge in [0.1, 0.15) is 6.61 Å². The zero-order chi connectivity index (χ0) is 22.5. The van der Waals surface area contributed by atoms with E-state index >= 15 is 0 Å². The molecule has 2 saturated carbocycles. The molecule has 0 spiro atoms. The smallest absolute Gasteiger partial charge is 0.191 e. The average molecular weight is 441 g/mol. The molecule has 0 aromatic heterocycles. The third-order valence-corrected chi connectivity index (χ3v) is 7.24. The lowest BCUT2D eigenvalue weighted by atomic mass is 9.65. The number of rotatable bonds is 7. The van der Waals surface area contributed by atoms with Gasteiger partial charge in [0.25, 0.3) is 0 Å². The molecule has 32 heavy (non-hydrogen) atoms. The quantitative estimate of drug-likeness (QED) is 0.411. The Labute approximate surface area is 190 Å². The molecule has 0 aliphatic heterocycles. The number of hydrogen-bond donors (Lipinski definition) is 0. The number of allylic oxidation sites excluding steroid dienone is 1. The van der Waals surface area contributed by atoms with Crippen molar-refractivity contribution in [2.24, 2.45) is 11.8 Å². The molecule has 2 aliphatic rings. The maximum Gasteiger partial charge on any atom is 0.191 e. The summed E-state index contributed by atoms with van der Waals surface area (Å²) in [5.74, 6) is 0.506. The normalized spacial score (nSPS) is 25.6. The number of benzene rings is 2. The first kappa shape index (κ1) is 23.0. The zero-order valence-corrected chi connectivity index (χ0v) is 19.2. The molecule has 2 aliphatic carbocycles. The summed E-state index contributed by atoms with van der Waals surface area (Å²) in [5, 5.41) is 0. The van der Waals surface area contributed by atoms with Crippen LogP contribution in [-0.4, -0.2) is 19.3 Å². The SMILES string of the molecule is C/C=C/COc1c(F)cc(-c2ccc(C3CCC4CC(OCC)CCC4C3)cc2)cc1F. The van der Waals surface area contributed by atoms with E-state index in [0.717, 1.165) is 24.0 Å². The largest absolute Gasteiger partial charge is 0.483 e. The molecule has 2 nitrogen and oxygen atoms in total. The van der Waals surface area contributed by atoms with Crippen molar-refractivity contribution in [3.05, 3.63) is 65.7 Å². The Kier molecular flexibility index (Phi) is 7.62. The van der Waals surface area contributed by atoms with Gasteiger partial charge in [0, 0.05) is 6.61 Å². The van der Waals surface area contributed by atoms with Gasteiger partial charge in [0.2, 0.25) is 0 Å². The molecular weight excluding hydrogens is 406 g/mol. The first-order valence-corrected chi connectivity index (χ1v) is 12.0. The van der Waals surface area contributed by atoms with E-state index in [0.29, 0.717) is 17.6 Å². The molecule has 2 fully saturated rings. The second kappa shape index (κ2) is 10.6. The van der Waals surface area contributed by atoms with Crippen LogP contribution < -0.4 is 4.74 Å². The van der Waals surface area contributed by atoms with Crippen LogP contribution in [0.1, 0.15) is 63.9 Å². The fourth-order valence-corrected chi connectivity index (χ4v) is 5.58. The predicted octanol–water partition coefficient (Wildman–Crippen LogP) is 7.68. The van der Waals surface area contributed by atoms with Crippen LogP contribution in [-0.2, 0) is 4.74 Å². The molecule has 0 heterocycles. The number of ether oxygens (including phenoxy) is 2. The number of hydrogen-bond acceptors (Lipinski definition) is 2. The first-order chi connectivity index (χ1) is 15.6. The van der Waals surface area contributed by atoms with Crippen molar-refractivity contribution in [1.82, 2.24) is 0 Å². The minimum absolute atomic E-state index is 0.147. The fourth-order valence-electron chi connectivity index (χ4n) is 5.58. The van der Waals surface area contributed by atoms with E-state index in [1.807, 2.05) is 19.1 Å². The standard InChI is InChI=1S/C28H34F2O2/c1-3-5-14-32-28-26(29)17-24(18-27(28)30)20-8-6-19(7-9-20)21-10-11-23-16-25(31-4-2)13-12-22(23)15-21/h3,5-9,17-18,21-23,25H,4,10-16H2,1-2H3/b5-3+. The summed E-state index contributed by atoms with van der Waals surface area (Å²) < 4.78 is 40.0. The molecule has 4 unspecified atom stereocenters. The Bertz CT molecular complexity index is 899. The molecule has 172 valence electrons. The first-order valence-electron chi connectivity index (χ1n) is 12.0. The van der Waals surface area contributed by atoms with Gasteiger partial charge in [0.05, 0.1) is 6.10 Å². The molecular formula is C28H34F2O2. The van der Waals surface area contributed by atoms with Gasteiger partial charge < -0.3 is 9.47 Å². The van der Waals surface area contributed by atoms with E-state index in [1.165, 1.54) is 56.2 Å². The molecule has 2 aromatic rings. The van der Waals surface area contributed by atoms with Crippen LogP contribution in [0.15, 0.2) is 48.6 Å². The minimum Gasteiger partial charge on any atom is -0.483 e. The number of halogens is 2. The van der Waals surface area contributed by atoms with Crippen molar-refractivity contribution in [3.63, 3.8) is 0 Å². The summed E-state index contributed by atoms with van der Waals surface area (Å²) in [5.41, 5.74) is 2.69. The third-order valence-electron chi connectivity index (χ3n) is 7.24. The van der Waals surface area contributed by atoms with Crippen molar-refractivity contribution in [3.8, 4) is 16.9 Å². The zero-order valence-electron chi connectivity index (χ0n) is 19.2. The highest BCUT2D eigenvalue weighted by atomic mass is 19.1. The highest BCUT2D eigenvalue weighted by Gasteiger charge is 2.36. The Morgan fingerprint density at radius 1 is 0.906 bits per heavy atom. The lowest BCUT2D eigenvalue weighted by molar-refractivity contribution is -0.00955. The van der Waals surface area contributed by atoms with Crippen molar-refractivity contribution < 1.29 is 18.3 Å². The molecule has 0 amide bonds. The predicted molar refractivity (Wildman–Crippen MR) is 125 cm³/mol. The van der Waals surface area contributed by atoms with Gasteiger partial charge in [-0.05, 0) is 98.9 Å². The maximum atomic E-state index is 14.4. The minimum atomic E-state index is -0.672. The van der Waals surface area contributed by atoms with Crippen LogP contribution >= 0.6 is 0 Å². The summed E-state index contributed by atoms with van der Waals surface area (Å²) in [7, 11) is 0. The van der Waals surface area contributed by atoms with Crippen LogP contribution in [0.25, 0.3) is 11.1 Å². The van der Waals surface area contributed by atoms with Gasteiger partial charge in [-0.3, -0.25) is 0 Å². The van der Waals surface area contributed by atoms with Gasteiger partial charge in [-0.15, -0.1) is 0 Å². The van der Waals surface area contributed by atoms with Gasteiger partial charge in [-0.25, -0.2) is 8.78 Å². The van der Waals surface area contributed by atoms with Crippen molar-refractivity contribution >= 4 is 0 Å². The van der Waals surface area contributed by atoms with E-state index in [2.05, 4.69) is 19.1 Å². The fraction of sp³-hybridized carbons (Fsp3) is 0.500. The topological polar surface area (TPSA) is 18.5 Å². The molecule has 0 saturated heterocycles. The molecule has 0 bridgehead atoms. The number of fused-ring (bicyclic) bond motifs is 1. The van der Waals surface area contributed by atoms with Crippen LogP contribution in [0.2, 0.25) is 0 Å². The van der Waals surface area contributed by atoms with Gasteiger partial charge in [0.15, 0.2) is 17.4 Å². The average Bonchev–Trinajstić information content (AvgIpc) is 2.81. The van der Waals surface area contributed by atoms with E-state index < -0.39 is 11.6 Å².